The number of hydrogen-bond acceptors (Lipinski definition) is 3. The third kappa shape index (κ3) is 1.49. The Balaban J connectivity index is 2.36. The Morgan fingerprint density at radius 1 is 1.80 bits per heavy atom. The largest absolute Gasteiger partial charge is 0.408 e. The topological polar surface area (TPSA) is 32.7 Å². The van der Waals surface area contributed by atoms with Crippen LogP contribution in [0.25, 0.3) is 0 Å². The monoisotopic (exact) mass is 143 g/mol. The Labute approximate surface area is 60.9 Å². The molecule has 0 bridgehead atoms. The zero-order valence-electron chi connectivity index (χ0n) is 6.37. The predicted molar refractivity (Wildman–Crippen MR) is 38.1 cm³/mol. The normalized spacial score (nSPS) is 19.4. The Morgan fingerprint density at radius 3 is 2.80 bits per heavy atom. The van der Waals surface area contributed by atoms with Crippen molar-refractivity contribution in [2.24, 2.45) is 0 Å². The van der Waals surface area contributed by atoms with Gasteiger partial charge in [-0.15, -0.1) is 5.06 Å². The van der Waals surface area contributed by atoms with Gasteiger partial charge in [-0.1, -0.05) is 0 Å². The molecule has 1 N–H and O–H groups in total. The van der Waals surface area contributed by atoms with Gasteiger partial charge in [0.2, 0.25) is 0 Å². The first-order chi connectivity index (χ1) is 4.74. The predicted octanol–water partition coefficient (Wildman–Crippen LogP) is 0.518. The lowest BCUT2D eigenvalue weighted by Crippen LogP contribution is -2.26. The SMILES string of the molecule is CC(C)N1CC=C(CO)O1. The summed E-state index contributed by atoms with van der Waals surface area (Å²) < 4.78 is 0. The Bertz CT molecular complexity index is 143. The van der Waals surface area contributed by atoms with Crippen LogP contribution in [-0.4, -0.2) is 29.4 Å². The van der Waals surface area contributed by atoms with Crippen molar-refractivity contribution >= 4 is 0 Å². The molecule has 3 nitrogen and oxygen atoms in total. The van der Waals surface area contributed by atoms with Crippen molar-refractivity contribution in [1.29, 1.82) is 0 Å². The van der Waals surface area contributed by atoms with Crippen LogP contribution < -0.4 is 0 Å². The lowest BCUT2D eigenvalue weighted by molar-refractivity contribution is -0.121. The fourth-order valence-electron chi connectivity index (χ4n) is 0.827. The standard InChI is InChI=1S/C7H13NO2/c1-6(2)8-4-3-7(5-9)10-8/h3,6,9H,4-5H2,1-2H3. The molecule has 1 aliphatic heterocycles. The van der Waals surface area contributed by atoms with Crippen LogP contribution in [-0.2, 0) is 4.84 Å². The van der Waals surface area contributed by atoms with Crippen LogP contribution >= 0.6 is 0 Å². The second-order valence-corrected chi connectivity index (χ2v) is 2.61. The maximum Gasteiger partial charge on any atom is 0.147 e. The van der Waals surface area contributed by atoms with E-state index in [1.165, 1.54) is 0 Å². The highest BCUT2D eigenvalue weighted by molar-refractivity contribution is 4.98. The summed E-state index contributed by atoms with van der Waals surface area (Å²) in [6.45, 7) is 4.89. The van der Waals surface area contributed by atoms with Gasteiger partial charge in [-0.05, 0) is 19.9 Å². The first-order valence-corrected chi connectivity index (χ1v) is 3.48. The molecule has 58 valence electrons. The fraction of sp³-hybridized carbons (Fsp3) is 0.714. The van der Waals surface area contributed by atoms with E-state index < -0.39 is 0 Å². The van der Waals surface area contributed by atoms with Crippen LogP contribution in [0.3, 0.4) is 0 Å². The van der Waals surface area contributed by atoms with Gasteiger partial charge >= 0.3 is 0 Å². The number of rotatable bonds is 2. The third-order valence-corrected chi connectivity index (χ3v) is 1.47. The maximum atomic E-state index is 8.65. The summed E-state index contributed by atoms with van der Waals surface area (Å²) >= 11 is 0. The second-order valence-electron chi connectivity index (χ2n) is 2.61. The number of hydroxylamine groups is 2. The van der Waals surface area contributed by atoms with Crippen molar-refractivity contribution in [3.05, 3.63) is 11.8 Å². The molecule has 3 heteroatoms. The van der Waals surface area contributed by atoms with Crippen LogP contribution in [0.15, 0.2) is 11.8 Å². The van der Waals surface area contributed by atoms with Crippen LogP contribution in [0.1, 0.15) is 13.8 Å². The average molecular weight is 143 g/mol. The molecule has 1 rings (SSSR count). The average Bonchev–Trinajstić information content (AvgIpc) is 2.34. The van der Waals surface area contributed by atoms with Gasteiger partial charge in [0.1, 0.15) is 12.4 Å². The summed E-state index contributed by atoms with van der Waals surface area (Å²) in [5, 5.41) is 10.5. The first-order valence-electron chi connectivity index (χ1n) is 3.48. The lowest BCUT2D eigenvalue weighted by Gasteiger charge is -2.19. The summed E-state index contributed by atoms with van der Waals surface area (Å²) in [6.07, 6.45) is 1.89. The first kappa shape index (κ1) is 7.57. The summed E-state index contributed by atoms with van der Waals surface area (Å²) in [5.41, 5.74) is 0. The van der Waals surface area contributed by atoms with Gasteiger partial charge in [0.25, 0.3) is 0 Å². The van der Waals surface area contributed by atoms with Gasteiger partial charge in [0.05, 0.1) is 6.54 Å². The van der Waals surface area contributed by atoms with Crippen molar-refractivity contribution in [2.75, 3.05) is 13.2 Å². The summed E-state index contributed by atoms with van der Waals surface area (Å²) in [4.78, 5) is 5.22. The maximum absolute atomic E-state index is 8.65. The molecule has 1 aliphatic rings. The highest BCUT2D eigenvalue weighted by Gasteiger charge is 2.16. The molecule has 0 atom stereocenters. The van der Waals surface area contributed by atoms with Crippen LogP contribution in [0.2, 0.25) is 0 Å². The minimum Gasteiger partial charge on any atom is -0.408 e. The summed E-state index contributed by atoms with van der Waals surface area (Å²) in [7, 11) is 0. The van der Waals surface area contributed by atoms with E-state index in [-0.39, 0.29) is 6.61 Å². The molecule has 10 heavy (non-hydrogen) atoms. The minimum absolute atomic E-state index is 0.00319. The third-order valence-electron chi connectivity index (χ3n) is 1.47. The van der Waals surface area contributed by atoms with Gasteiger partial charge in [-0.2, -0.15) is 0 Å². The molecule has 0 saturated heterocycles. The van der Waals surface area contributed by atoms with E-state index in [1.54, 1.807) is 0 Å². The van der Waals surface area contributed by atoms with E-state index >= 15 is 0 Å². The van der Waals surface area contributed by atoms with Crippen LogP contribution in [0.4, 0.5) is 0 Å². The molecule has 0 aromatic carbocycles. The van der Waals surface area contributed by atoms with Gasteiger partial charge in [-0.25, -0.2) is 0 Å². The highest BCUT2D eigenvalue weighted by Crippen LogP contribution is 2.12. The number of hydrogen-bond donors (Lipinski definition) is 1. The Hall–Kier alpha value is -0.540. The molecule has 0 unspecified atom stereocenters. The number of aliphatic hydroxyl groups excluding tert-OH is 1. The van der Waals surface area contributed by atoms with Crippen molar-refractivity contribution < 1.29 is 9.94 Å². The number of aliphatic hydroxyl groups is 1. The summed E-state index contributed by atoms with van der Waals surface area (Å²) in [6, 6.07) is 0.375. The number of nitrogens with zero attached hydrogens (tertiary/aromatic N) is 1. The van der Waals surface area contributed by atoms with E-state index in [0.29, 0.717) is 11.8 Å². The van der Waals surface area contributed by atoms with E-state index in [0.717, 1.165) is 6.54 Å². The fourth-order valence-corrected chi connectivity index (χ4v) is 0.827. The van der Waals surface area contributed by atoms with E-state index in [1.807, 2.05) is 25.0 Å². The molecule has 0 saturated carbocycles. The molecule has 1 heterocycles. The van der Waals surface area contributed by atoms with Gasteiger partial charge in [-0.3, -0.25) is 0 Å². The zero-order valence-corrected chi connectivity index (χ0v) is 6.37. The quantitative estimate of drug-likeness (QED) is 0.611. The molecule has 0 aromatic heterocycles. The van der Waals surface area contributed by atoms with Crippen molar-refractivity contribution in [3.8, 4) is 0 Å². The molecule has 0 aliphatic carbocycles. The second kappa shape index (κ2) is 3.03. The molecule has 0 radical (unpaired) electrons. The van der Waals surface area contributed by atoms with Crippen LogP contribution in [0.5, 0.6) is 0 Å². The molecule has 0 amide bonds. The van der Waals surface area contributed by atoms with Crippen LogP contribution in [0, 0.1) is 0 Å². The Morgan fingerprint density at radius 2 is 2.50 bits per heavy atom. The van der Waals surface area contributed by atoms with E-state index in [4.69, 9.17) is 9.94 Å². The van der Waals surface area contributed by atoms with E-state index in [2.05, 4.69) is 0 Å². The van der Waals surface area contributed by atoms with Crippen molar-refractivity contribution in [3.63, 3.8) is 0 Å². The van der Waals surface area contributed by atoms with Crippen molar-refractivity contribution in [2.45, 2.75) is 19.9 Å². The molecule has 0 spiro atoms. The minimum atomic E-state index is 0.00319. The molecular weight excluding hydrogens is 130 g/mol. The van der Waals surface area contributed by atoms with Gasteiger partial charge in [0, 0.05) is 6.04 Å². The smallest absolute Gasteiger partial charge is 0.147 e. The van der Waals surface area contributed by atoms with Gasteiger partial charge < -0.3 is 9.94 Å². The highest BCUT2D eigenvalue weighted by atomic mass is 16.7. The molecule has 0 aromatic rings. The Kier molecular flexibility index (Phi) is 2.29. The van der Waals surface area contributed by atoms with Gasteiger partial charge in [0.15, 0.2) is 0 Å². The molecule has 0 fully saturated rings. The molecular formula is C7H13NO2. The van der Waals surface area contributed by atoms with Crippen molar-refractivity contribution in [1.82, 2.24) is 5.06 Å². The zero-order chi connectivity index (χ0) is 7.56. The lowest BCUT2D eigenvalue weighted by atomic mass is 10.4. The van der Waals surface area contributed by atoms with E-state index in [9.17, 15) is 0 Å². The summed E-state index contributed by atoms with van der Waals surface area (Å²) in [5.74, 6) is 0.661.